The fraction of sp³-hybridized carbons (Fsp3) is 0.111. The molecular weight excluding hydrogens is 141 g/mol. The molecule has 0 aliphatic rings. The van der Waals surface area contributed by atoms with E-state index in [1.165, 1.54) is 6.07 Å². The Morgan fingerprint density at radius 3 is 2.91 bits per heavy atom. The van der Waals surface area contributed by atoms with Crippen molar-refractivity contribution in [2.45, 2.75) is 6.92 Å². The normalized spacial score (nSPS) is 10.7. The van der Waals surface area contributed by atoms with Gasteiger partial charge in [-0.1, -0.05) is 6.07 Å². The summed E-state index contributed by atoms with van der Waals surface area (Å²) in [5, 5.41) is 0.701. The number of fused-ring (bicyclic) bond motifs is 1. The van der Waals surface area contributed by atoms with Crippen molar-refractivity contribution in [3.05, 3.63) is 35.8 Å². The predicted octanol–water partition coefficient (Wildman–Crippen LogP) is 2.62. The van der Waals surface area contributed by atoms with E-state index in [2.05, 4.69) is 4.98 Å². The number of aryl methyl sites for hydroxylation is 1. The van der Waals surface area contributed by atoms with E-state index in [1.54, 1.807) is 6.07 Å². The number of aromatic amines is 1. The average Bonchev–Trinajstić information content (AvgIpc) is 2.34. The van der Waals surface area contributed by atoms with Crippen LogP contribution in [-0.2, 0) is 0 Å². The Labute approximate surface area is 63.9 Å². The van der Waals surface area contributed by atoms with E-state index in [0.717, 1.165) is 11.1 Å². The summed E-state index contributed by atoms with van der Waals surface area (Å²) in [4.78, 5) is 2.99. The van der Waals surface area contributed by atoms with Gasteiger partial charge < -0.3 is 4.98 Å². The maximum atomic E-state index is 13.1. The quantitative estimate of drug-likeness (QED) is 0.592. The third-order valence-electron chi connectivity index (χ3n) is 1.85. The molecule has 0 unspecified atom stereocenters. The van der Waals surface area contributed by atoms with Gasteiger partial charge in [-0.2, -0.15) is 0 Å². The molecule has 11 heavy (non-hydrogen) atoms. The molecule has 0 aliphatic carbocycles. The number of aromatic nitrogens is 1. The van der Waals surface area contributed by atoms with Crippen LogP contribution in [0.25, 0.3) is 10.9 Å². The molecule has 0 radical (unpaired) electrons. The Kier molecular flexibility index (Phi) is 1.22. The highest BCUT2D eigenvalue weighted by Crippen LogP contribution is 2.19. The first-order valence-corrected chi connectivity index (χ1v) is 3.51. The third kappa shape index (κ3) is 0.827. The van der Waals surface area contributed by atoms with Crippen LogP contribution < -0.4 is 0 Å². The molecule has 0 aliphatic heterocycles. The minimum absolute atomic E-state index is 0.152. The van der Waals surface area contributed by atoms with E-state index < -0.39 is 0 Å². The molecule has 1 aromatic heterocycles. The van der Waals surface area contributed by atoms with E-state index >= 15 is 0 Å². The van der Waals surface area contributed by atoms with Gasteiger partial charge in [0.1, 0.15) is 5.82 Å². The smallest absolute Gasteiger partial charge is 0.132 e. The number of hydrogen-bond acceptors (Lipinski definition) is 0. The topological polar surface area (TPSA) is 15.8 Å². The van der Waals surface area contributed by atoms with Crippen molar-refractivity contribution < 1.29 is 4.39 Å². The molecule has 0 fully saturated rings. The Morgan fingerprint density at radius 2 is 2.18 bits per heavy atom. The Bertz CT molecular complexity index is 389. The maximum absolute atomic E-state index is 13.1. The zero-order valence-corrected chi connectivity index (χ0v) is 6.19. The summed E-state index contributed by atoms with van der Waals surface area (Å²) in [5.41, 5.74) is 1.82. The Morgan fingerprint density at radius 1 is 1.36 bits per heavy atom. The fourth-order valence-corrected chi connectivity index (χ4v) is 1.30. The van der Waals surface area contributed by atoms with Crippen molar-refractivity contribution in [2.75, 3.05) is 0 Å². The lowest BCUT2D eigenvalue weighted by Crippen LogP contribution is -1.75. The van der Waals surface area contributed by atoms with Crippen LogP contribution in [0.2, 0.25) is 0 Å². The molecule has 2 aromatic rings. The largest absolute Gasteiger partial charge is 0.361 e. The minimum Gasteiger partial charge on any atom is -0.361 e. The van der Waals surface area contributed by atoms with E-state index in [0.29, 0.717) is 5.39 Å². The van der Waals surface area contributed by atoms with E-state index in [4.69, 9.17) is 0 Å². The molecule has 1 nitrogen and oxygen atoms in total. The van der Waals surface area contributed by atoms with Crippen LogP contribution in [0.15, 0.2) is 24.4 Å². The molecule has 1 N–H and O–H groups in total. The molecule has 0 saturated carbocycles. The van der Waals surface area contributed by atoms with Crippen molar-refractivity contribution in [2.24, 2.45) is 0 Å². The number of hydrogen-bond donors (Lipinski definition) is 1. The first kappa shape index (κ1) is 6.40. The van der Waals surface area contributed by atoms with Crippen LogP contribution in [-0.4, -0.2) is 4.98 Å². The number of benzene rings is 1. The summed E-state index contributed by atoms with van der Waals surface area (Å²) in [6, 6.07) is 5.04. The van der Waals surface area contributed by atoms with Gasteiger partial charge in [0.15, 0.2) is 0 Å². The second-order valence-electron chi connectivity index (χ2n) is 2.63. The lowest BCUT2D eigenvalue weighted by molar-refractivity contribution is 0.639. The van der Waals surface area contributed by atoms with Crippen molar-refractivity contribution in [3.63, 3.8) is 0 Å². The molecule has 2 rings (SSSR count). The molecule has 1 heterocycles. The fourth-order valence-electron chi connectivity index (χ4n) is 1.30. The van der Waals surface area contributed by atoms with Gasteiger partial charge >= 0.3 is 0 Å². The van der Waals surface area contributed by atoms with Crippen LogP contribution in [0, 0.1) is 12.7 Å². The second kappa shape index (κ2) is 2.09. The van der Waals surface area contributed by atoms with E-state index in [9.17, 15) is 4.39 Å². The third-order valence-corrected chi connectivity index (χ3v) is 1.85. The Balaban J connectivity index is 2.96. The first-order valence-electron chi connectivity index (χ1n) is 3.51. The summed E-state index contributed by atoms with van der Waals surface area (Å²) in [5.74, 6) is -0.152. The number of halogens is 1. The van der Waals surface area contributed by atoms with Gasteiger partial charge in [0.05, 0.1) is 0 Å². The zero-order chi connectivity index (χ0) is 7.84. The van der Waals surface area contributed by atoms with Crippen molar-refractivity contribution in [3.8, 4) is 0 Å². The van der Waals surface area contributed by atoms with Gasteiger partial charge in [-0.25, -0.2) is 4.39 Å². The van der Waals surface area contributed by atoms with E-state index in [1.807, 2.05) is 19.2 Å². The van der Waals surface area contributed by atoms with Gasteiger partial charge in [0.2, 0.25) is 0 Å². The molecule has 1 aromatic carbocycles. The molecule has 2 heteroatoms. The Hall–Kier alpha value is -1.31. The standard InChI is InChI=1S/C9H8FN/c1-6-5-11-8-4-2-3-7(10)9(6)8/h2-5,11H,1H3. The van der Waals surface area contributed by atoms with Crippen molar-refractivity contribution in [1.29, 1.82) is 0 Å². The summed E-state index contributed by atoms with van der Waals surface area (Å²) in [7, 11) is 0. The van der Waals surface area contributed by atoms with Crippen LogP contribution in [0.4, 0.5) is 4.39 Å². The second-order valence-corrected chi connectivity index (χ2v) is 2.63. The van der Waals surface area contributed by atoms with Gasteiger partial charge in [0.25, 0.3) is 0 Å². The van der Waals surface area contributed by atoms with Crippen LogP contribution in [0.3, 0.4) is 0 Å². The summed E-state index contributed by atoms with van der Waals surface area (Å²) in [6.07, 6.45) is 1.81. The molecule has 0 spiro atoms. The highest BCUT2D eigenvalue weighted by atomic mass is 19.1. The molecule has 0 saturated heterocycles. The minimum atomic E-state index is -0.152. The highest BCUT2D eigenvalue weighted by Gasteiger charge is 2.02. The van der Waals surface area contributed by atoms with Gasteiger partial charge in [-0.05, 0) is 24.6 Å². The molecule has 56 valence electrons. The average molecular weight is 149 g/mol. The molecular formula is C9H8FN. The van der Waals surface area contributed by atoms with Gasteiger partial charge in [0, 0.05) is 17.1 Å². The number of nitrogens with one attached hydrogen (secondary N) is 1. The number of rotatable bonds is 0. The molecule has 0 atom stereocenters. The van der Waals surface area contributed by atoms with Crippen molar-refractivity contribution in [1.82, 2.24) is 4.98 Å². The predicted molar refractivity (Wildman–Crippen MR) is 43.0 cm³/mol. The van der Waals surface area contributed by atoms with Gasteiger partial charge in [-0.15, -0.1) is 0 Å². The zero-order valence-electron chi connectivity index (χ0n) is 6.19. The summed E-state index contributed by atoms with van der Waals surface area (Å²) >= 11 is 0. The van der Waals surface area contributed by atoms with Crippen LogP contribution in [0.5, 0.6) is 0 Å². The maximum Gasteiger partial charge on any atom is 0.132 e. The monoisotopic (exact) mass is 149 g/mol. The highest BCUT2D eigenvalue weighted by molar-refractivity contribution is 5.83. The SMILES string of the molecule is Cc1c[nH]c2cccc(F)c12. The lowest BCUT2D eigenvalue weighted by Gasteiger charge is -1.91. The van der Waals surface area contributed by atoms with Crippen molar-refractivity contribution >= 4 is 10.9 Å². The first-order chi connectivity index (χ1) is 5.29. The lowest BCUT2D eigenvalue weighted by atomic mass is 10.2. The summed E-state index contributed by atoms with van der Waals surface area (Å²) < 4.78 is 13.1. The van der Waals surface area contributed by atoms with E-state index in [-0.39, 0.29) is 5.82 Å². The molecule has 0 bridgehead atoms. The van der Waals surface area contributed by atoms with Crippen LogP contribution in [0.1, 0.15) is 5.56 Å². The van der Waals surface area contributed by atoms with Gasteiger partial charge in [-0.3, -0.25) is 0 Å². The molecule has 0 amide bonds. The number of H-pyrrole nitrogens is 1. The van der Waals surface area contributed by atoms with Crippen LogP contribution >= 0.6 is 0 Å². The summed E-state index contributed by atoms with van der Waals surface area (Å²) in [6.45, 7) is 1.89.